The van der Waals surface area contributed by atoms with Gasteiger partial charge in [-0.2, -0.15) is 0 Å². The topological polar surface area (TPSA) is 62.8 Å². The van der Waals surface area contributed by atoms with Crippen LogP contribution in [0.2, 0.25) is 0 Å². The minimum atomic E-state index is -3.65. The maximum atomic E-state index is 12.9. The number of hydrogen-bond acceptors (Lipinski definition) is 5. The van der Waals surface area contributed by atoms with Gasteiger partial charge in [0.05, 0.1) is 6.54 Å². The second-order valence-electron chi connectivity index (χ2n) is 5.40. The first-order valence-electron chi connectivity index (χ1n) is 7.07. The van der Waals surface area contributed by atoms with E-state index >= 15 is 0 Å². The van der Waals surface area contributed by atoms with Gasteiger partial charge < -0.3 is 20.1 Å². The molecule has 2 N–H and O–H groups in total. The lowest BCUT2D eigenvalue weighted by Gasteiger charge is -2.33. The number of fused-ring (bicyclic) bond motifs is 1. The van der Waals surface area contributed by atoms with E-state index in [0.717, 1.165) is 19.6 Å². The molecule has 1 fully saturated rings. The number of amides is 1. The molecule has 1 saturated heterocycles. The van der Waals surface area contributed by atoms with Gasteiger partial charge in [0, 0.05) is 37.4 Å². The molecular weight excluding hydrogens is 296 g/mol. The number of rotatable bonds is 3. The summed E-state index contributed by atoms with van der Waals surface area (Å²) in [6, 6.07) is 4.45. The minimum absolute atomic E-state index is 0.0428. The number of anilines is 1. The Kier molecular flexibility index (Phi) is 3.88. The minimum Gasteiger partial charge on any atom is -0.395 e. The van der Waals surface area contributed by atoms with E-state index in [2.05, 4.69) is 25.0 Å². The van der Waals surface area contributed by atoms with Gasteiger partial charge in [0.1, 0.15) is 0 Å². The normalized spacial score (nSPS) is 23.3. The lowest BCUT2D eigenvalue weighted by molar-refractivity contribution is -0.286. The molecule has 2 heterocycles. The Bertz CT molecular complexity index is 582. The summed E-state index contributed by atoms with van der Waals surface area (Å²) < 4.78 is 34.5. The molecule has 0 saturated carbocycles. The van der Waals surface area contributed by atoms with Crippen LogP contribution in [0.5, 0.6) is 11.5 Å². The second kappa shape index (κ2) is 5.69. The number of alkyl halides is 2. The van der Waals surface area contributed by atoms with Crippen molar-refractivity contribution in [1.29, 1.82) is 0 Å². The summed E-state index contributed by atoms with van der Waals surface area (Å²) in [6.07, 6.45) is -3.65. The molecule has 0 unspecified atom stereocenters. The number of ether oxygens (including phenoxy) is 2. The highest BCUT2D eigenvalue weighted by molar-refractivity contribution is 5.92. The van der Waals surface area contributed by atoms with E-state index in [-0.39, 0.29) is 30.0 Å². The predicted molar refractivity (Wildman–Crippen MR) is 75.2 cm³/mol. The van der Waals surface area contributed by atoms with Gasteiger partial charge in [0.25, 0.3) is 0 Å². The van der Waals surface area contributed by atoms with Crippen LogP contribution in [0.3, 0.4) is 0 Å². The van der Waals surface area contributed by atoms with Gasteiger partial charge in [-0.25, -0.2) is 0 Å². The van der Waals surface area contributed by atoms with Gasteiger partial charge >= 0.3 is 6.29 Å². The van der Waals surface area contributed by atoms with Crippen molar-refractivity contribution < 1.29 is 23.0 Å². The third-order valence-corrected chi connectivity index (χ3v) is 3.67. The molecule has 0 radical (unpaired) electrons. The Balaban J connectivity index is 1.61. The van der Waals surface area contributed by atoms with Crippen molar-refractivity contribution in [3.8, 4) is 11.5 Å². The summed E-state index contributed by atoms with van der Waals surface area (Å²) in [5.74, 6) is -0.323. The van der Waals surface area contributed by atoms with E-state index in [1.165, 1.54) is 18.2 Å². The Morgan fingerprint density at radius 3 is 3.00 bits per heavy atom. The number of piperazine rings is 1. The largest absolute Gasteiger partial charge is 0.586 e. The Hall–Kier alpha value is -1.93. The molecule has 0 spiro atoms. The molecule has 0 aromatic heterocycles. The SMILES string of the molecule is C[C@H]1CNCCN1CC(=O)Nc1ccc2c(c1)OC(F)(F)O2. The van der Waals surface area contributed by atoms with Crippen LogP contribution in [0.4, 0.5) is 14.5 Å². The number of carbonyl (C=O) groups is 1. The lowest BCUT2D eigenvalue weighted by atomic mass is 10.2. The Morgan fingerprint density at radius 2 is 2.23 bits per heavy atom. The van der Waals surface area contributed by atoms with E-state index in [1.807, 2.05) is 6.92 Å². The van der Waals surface area contributed by atoms with Crippen LogP contribution in [-0.4, -0.2) is 49.3 Å². The first-order chi connectivity index (χ1) is 10.4. The van der Waals surface area contributed by atoms with Gasteiger partial charge in [0.15, 0.2) is 11.5 Å². The molecule has 22 heavy (non-hydrogen) atoms. The highest BCUT2D eigenvalue weighted by atomic mass is 19.3. The quantitative estimate of drug-likeness (QED) is 0.879. The van der Waals surface area contributed by atoms with E-state index < -0.39 is 6.29 Å². The van der Waals surface area contributed by atoms with Crippen LogP contribution >= 0.6 is 0 Å². The van der Waals surface area contributed by atoms with Gasteiger partial charge in [-0.1, -0.05) is 0 Å². The fraction of sp³-hybridized carbons (Fsp3) is 0.500. The van der Waals surface area contributed by atoms with Crippen LogP contribution in [0.1, 0.15) is 6.92 Å². The maximum absolute atomic E-state index is 12.9. The molecule has 2 aliphatic rings. The van der Waals surface area contributed by atoms with Crippen molar-refractivity contribution in [3.63, 3.8) is 0 Å². The third kappa shape index (κ3) is 3.28. The molecule has 0 aliphatic carbocycles. The highest BCUT2D eigenvalue weighted by Gasteiger charge is 2.43. The Morgan fingerprint density at radius 1 is 1.45 bits per heavy atom. The molecule has 6 nitrogen and oxygen atoms in total. The summed E-state index contributed by atoms with van der Waals surface area (Å²) in [5.41, 5.74) is 0.396. The first kappa shape index (κ1) is 15.0. The van der Waals surface area contributed by atoms with Crippen LogP contribution in [-0.2, 0) is 4.79 Å². The van der Waals surface area contributed by atoms with Crippen LogP contribution in [0, 0.1) is 0 Å². The van der Waals surface area contributed by atoms with Gasteiger partial charge in [-0.05, 0) is 19.1 Å². The summed E-state index contributed by atoms with van der Waals surface area (Å²) in [7, 11) is 0. The molecule has 1 atom stereocenters. The van der Waals surface area contributed by atoms with Crippen molar-refractivity contribution in [2.45, 2.75) is 19.3 Å². The molecular formula is C14H17F2N3O3. The van der Waals surface area contributed by atoms with Crippen LogP contribution in [0.25, 0.3) is 0 Å². The second-order valence-corrected chi connectivity index (χ2v) is 5.40. The summed E-state index contributed by atoms with van der Waals surface area (Å²) >= 11 is 0. The summed E-state index contributed by atoms with van der Waals surface area (Å²) in [4.78, 5) is 14.1. The van der Waals surface area contributed by atoms with Crippen LogP contribution in [0.15, 0.2) is 18.2 Å². The number of carbonyl (C=O) groups excluding carboxylic acids is 1. The Labute approximate surface area is 126 Å². The monoisotopic (exact) mass is 313 g/mol. The number of nitrogens with zero attached hydrogens (tertiary/aromatic N) is 1. The number of hydrogen-bond donors (Lipinski definition) is 2. The fourth-order valence-corrected chi connectivity index (χ4v) is 2.53. The first-order valence-corrected chi connectivity index (χ1v) is 7.07. The smallest absolute Gasteiger partial charge is 0.395 e. The summed E-state index contributed by atoms with van der Waals surface area (Å²) in [5, 5.41) is 5.93. The van der Waals surface area contributed by atoms with Crippen LogP contribution < -0.4 is 20.1 Å². The average Bonchev–Trinajstić information content (AvgIpc) is 2.74. The maximum Gasteiger partial charge on any atom is 0.586 e. The zero-order chi connectivity index (χ0) is 15.7. The zero-order valence-corrected chi connectivity index (χ0v) is 12.1. The molecule has 1 aromatic rings. The van der Waals surface area contributed by atoms with Gasteiger partial charge in [-0.15, -0.1) is 8.78 Å². The van der Waals surface area contributed by atoms with Crippen molar-refractivity contribution in [3.05, 3.63) is 18.2 Å². The van der Waals surface area contributed by atoms with E-state index in [0.29, 0.717) is 5.69 Å². The number of benzene rings is 1. The van der Waals surface area contributed by atoms with E-state index in [4.69, 9.17) is 0 Å². The molecule has 1 amide bonds. The van der Waals surface area contributed by atoms with Crippen molar-refractivity contribution in [1.82, 2.24) is 10.2 Å². The summed E-state index contributed by atoms with van der Waals surface area (Å²) in [6.45, 7) is 4.78. The molecule has 8 heteroatoms. The number of nitrogens with one attached hydrogen (secondary N) is 2. The number of halogens is 2. The average molecular weight is 313 g/mol. The molecule has 2 aliphatic heterocycles. The van der Waals surface area contributed by atoms with Crippen molar-refractivity contribution in [2.75, 3.05) is 31.5 Å². The van der Waals surface area contributed by atoms with E-state index in [1.54, 1.807) is 0 Å². The van der Waals surface area contributed by atoms with Crippen molar-refractivity contribution in [2.24, 2.45) is 0 Å². The third-order valence-electron chi connectivity index (χ3n) is 3.67. The molecule has 1 aromatic carbocycles. The van der Waals surface area contributed by atoms with E-state index in [9.17, 15) is 13.6 Å². The molecule has 0 bridgehead atoms. The fourth-order valence-electron chi connectivity index (χ4n) is 2.53. The molecule has 120 valence electrons. The standard InChI is InChI=1S/C14H17F2N3O3/c1-9-7-17-4-5-19(9)8-13(20)18-10-2-3-11-12(6-10)22-14(15,16)21-11/h2-3,6,9,17H,4-5,7-8H2,1H3,(H,18,20)/t9-/m0/s1. The predicted octanol–water partition coefficient (Wildman–Crippen LogP) is 1.24. The van der Waals surface area contributed by atoms with Gasteiger partial charge in [0.2, 0.25) is 5.91 Å². The lowest BCUT2D eigenvalue weighted by Crippen LogP contribution is -2.51. The van der Waals surface area contributed by atoms with Gasteiger partial charge in [-0.3, -0.25) is 9.69 Å². The zero-order valence-electron chi connectivity index (χ0n) is 12.1. The highest BCUT2D eigenvalue weighted by Crippen LogP contribution is 2.42. The molecule has 3 rings (SSSR count). The van der Waals surface area contributed by atoms with Crippen molar-refractivity contribution >= 4 is 11.6 Å².